The van der Waals surface area contributed by atoms with Gasteiger partial charge >= 0.3 is 6.18 Å². The Hall–Kier alpha value is -2.73. The van der Waals surface area contributed by atoms with Gasteiger partial charge in [0.25, 0.3) is 0 Å². The first kappa shape index (κ1) is 16.7. The molecule has 2 aromatic carbocycles. The number of rotatable bonds is 2. The van der Waals surface area contributed by atoms with Crippen molar-refractivity contribution in [3.8, 4) is 11.3 Å². The smallest absolute Gasteiger partial charge is 0.350 e. The topological polar surface area (TPSA) is 37.0 Å². The van der Waals surface area contributed by atoms with Crippen molar-refractivity contribution in [3.63, 3.8) is 0 Å². The fraction of sp³-hybridized carbons (Fsp3) is 0.105. The highest BCUT2D eigenvalue weighted by atomic mass is 35.5. The lowest BCUT2D eigenvalue weighted by molar-refractivity contribution is -0.172. The number of para-hydroxylation sites is 2. The van der Waals surface area contributed by atoms with E-state index in [2.05, 4.69) is 15.6 Å². The van der Waals surface area contributed by atoms with Crippen molar-refractivity contribution in [2.45, 2.75) is 11.8 Å². The molecule has 0 spiro atoms. The molecule has 0 unspecified atom stereocenters. The van der Waals surface area contributed by atoms with Gasteiger partial charge in [0.1, 0.15) is 0 Å². The van der Waals surface area contributed by atoms with Crippen LogP contribution in [0.25, 0.3) is 11.3 Å². The maximum absolute atomic E-state index is 14.0. The lowest BCUT2D eigenvalue weighted by Gasteiger charge is -2.33. The molecule has 0 saturated heterocycles. The molecular formula is C19H13ClF3N3. The van der Waals surface area contributed by atoms with Gasteiger partial charge in [-0.1, -0.05) is 48.0 Å². The summed E-state index contributed by atoms with van der Waals surface area (Å²) in [6.07, 6.45) is -2.97. The number of hydrogen-bond acceptors (Lipinski definition) is 3. The molecule has 2 heterocycles. The number of alkyl halides is 3. The normalized spacial score (nSPS) is 15.1. The third kappa shape index (κ3) is 2.57. The van der Waals surface area contributed by atoms with Crippen LogP contribution in [-0.2, 0) is 5.66 Å². The van der Waals surface area contributed by atoms with Crippen molar-refractivity contribution < 1.29 is 13.2 Å². The van der Waals surface area contributed by atoms with Crippen molar-refractivity contribution >= 4 is 23.0 Å². The summed E-state index contributed by atoms with van der Waals surface area (Å²) >= 11 is 6.12. The van der Waals surface area contributed by atoms with E-state index in [1.54, 1.807) is 54.7 Å². The van der Waals surface area contributed by atoms with E-state index in [9.17, 15) is 13.2 Å². The van der Waals surface area contributed by atoms with Gasteiger partial charge in [-0.3, -0.25) is 4.98 Å². The minimum atomic E-state index is -4.56. The summed E-state index contributed by atoms with van der Waals surface area (Å²) in [5.74, 6) is 0. The van der Waals surface area contributed by atoms with E-state index in [-0.39, 0.29) is 5.56 Å². The van der Waals surface area contributed by atoms with Gasteiger partial charge in [-0.25, -0.2) is 0 Å². The number of pyridine rings is 1. The summed E-state index contributed by atoms with van der Waals surface area (Å²) in [5.41, 5.74) is -0.353. The van der Waals surface area contributed by atoms with E-state index in [1.165, 1.54) is 12.1 Å². The fourth-order valence-electron chi connectivity index (χ4n) is 3.06. The van der Waals surface area contributed by atoms with Crippen LogP contribution in [0.2, 0.25) is 5.02 Å². The Bertz CT molecular complexity index is 930. The summed E-state index contributed by atoms with van der Waals surface area (Å²) in [5, 5.41) is 5.63. The molecule has 0 bridgehead atoms. The molecule has 3 aromatic rings. The maximum Gasteiger partial charge on any atom is 0.434 e. The van der Waals surface area contributed by atoms with Crippen LogP contribution >= 0.6 is 11.6 Å². The van der Waals surface area contributed by atoms with Gasteiger partial charge in [0.2, 0.25) is 5.66 Å². The summed E-state index contributed by atoms with van der Waals surface area (Å²) in [6, 6.07) is 16.0. The van der Waals surface area contributed by atoms with E-state index in [0.717, 1.165) is 0 Å². The Kier molecular flexibility index (Phi) is 3.80. The average Bonchev–Trinajstić information content (AvgIpc) is 3.03. The second kappa shape index (κ2) is 5.92. The second-order valence-electron chi connectivity index (χ2n) is 5.95. The zero-order valence-electron chi connectivity index (χ0n) is 13.3. The van der Waals surface area contributed by atoms with Gasteiger partial charge in [-0.15, -0.1) is 0 Å². The van der Waals surface area contributed by atoms with Crippen LogP contribution in [0.3, 0.4) is 0 Å². The number of nitrogens with one attached hydrogen (secondary N) is 2. The number of benzene rings is 2. The Labute approximate surface area is 152 Å². The number of fused-ring (bicyclic) bond motifs is 1. The fourth-order valence-corrected chi connectivity index (χ4v) is 3.29. The second-order valence-corrected chi connectivity index (χ2v) is 6.36. The molecule has 2 N–H and O–H groups in total. The maximum atomic E-state index is 14.0. The number of anilines is 2. The molecule has 1 aliphatic rings. The summed E-state index contributed by atoms with van der Waals surface area (Å²) in [4.78, 5) is 4.19. The molecule has 0 aliphatic carbocycles. The first-order valence-electron chi connectivity index (χ1n) is 7.84. The van der Waals surface area contributed by atoms with Crippen molar-refractivity contribution in [2.24, 2.45) is 0 Å². The van der Waals surface area contributed by atoms with Gasteiger partial charge < -0.3 is 10.6 Å². The Balaban J connectivity index is 1.76. The third-order valence-electron chi connectivity index (χ3n) is 4.35. The molecule has 0 saturated carbocycles. The zero-order valence-corrected chi connectivity index (χ0v) is 14.1. The van der Waals surface area contributed by atoms with Crippen LogP contribution in [0.5, 0.6) is 0 Å². The van der Waals surface area contributed by atoms with Crippen molar-refractivity contribution in [3.05, 3.63) is 77.4 Å². The monoisotopic (exact) mass is 375 g/mol. The summed E-state index contributed by atoms with van der Waals surface area (Å²) < 4.78 is 42.0. The standard InChI is InChI=1S/C19H13ClF3N3/c20-14-4-3-11-24-17(14)12-7-9-13(10-8-12)18(19(21,22)23)25-15-5-1-2-6-16(15)26-18/h1-11,25-26H. The highest BCUT2D eigenvalue weighted by Gasteiger charge is 2.59. The molecule has 1 aromatic heterocycles. The Morgan fingerprint density at radius 1 is 0.846 bits per heavy atom. The molecule has 4 rings (SSSR count). The quantitative estimate of drug-likeness (QED) is 0.607. The zero-order chi connectivity index (χ0) is 18.4. The largest absolute Gasteiger partial charge is 0.434 e. The molecule has 7 heteroatoms. The van der Waals surface area contributed by atoms with Crippen LogP contribution in [0, 0.1) is 0 Å². The van der Waals surface area contributed by atoms with Gasteiger partial charge in [0.15, 0.2) is 0 Å². The summed E-state index contributed by atoms with van der Waals surface area (Å²) in [7, 11) is 0. The molecular weight excluding hydrogens is 363 g/mol. The third-order valence-corrected chi connectivity index (χ3v) is 4.65. The number of nitrogens with zero attached hydrogens (tertiary/aromatic N) is 1. The average molecular weight is 376 g/mol. The molecule has 0 radical (unpaired) electrons. The first-order valence-corrected chi connectivity index (χ1v) is 8.22. The van der Waals surface area contributed by atoms with Gasteiger partial charge in [0.05, 0.1) is 22.1 Å². The highest BCUT2D eigenvalue weighted by Crippen LogP contribution is 2.48. The van der Waals surface area contributed by atoms with Gasteiger partial charge in [-0.05, 0) is 24.3 Å². The van der Waals surface area contributed by atoms with E-state index < -0.39 is 11.8 Å². The lowest BCUT2D eigenvalue weighted by atomic mass is 9.97. The van der Waals surface area contributed by atoms with Crippen LogP contribution in [0.1, 0.15) is 5.56 Å². The molecule has 0 atom stereocenters. The molecule has 132 valence electrons. The first-order chi connectivity index (χ1) is 12.4. The summed E-state index contributed by atoms with van der Waals surface area (Å²) in [6.45, 7) is 0. The molecule has 1 aliphatic heterocycles. The predicted molar refractivity (Wildman–Crippen MR) is 96.1 cm³/mol. The minimum absolute atomic E-state index is 0.0528. The van der Waals surface area contributed by atoms with Gasteiger partial charge in [0, 0.05) is 17.3 Å². The molecule has 0 amide bonds. The molecule has 3 nitrogen and oxygen atoms in total. The van der Waals surface area contributed by atoms with Crippen molar-refractivity contribution in [1.82, 2.24) is 4.98 Å². The van der Waals surface area contributed by atoms with Gasteiger partial charge in [-0.2, -0.15) is 13.2 Å². The SMILES string of the molecule is FC(F)(F)C1(c2ccc(-c3ncccc3Cl)cc2)Nc2ccccc2N1. The predicted octanol–water partition coefficient (Wildman–Crippen LogP) is 5.65. The number of hydrogen-bond donors (Lipinski definition) is 2. The highest BCUT2D eigenvalue weighted by molar-refractivity contribution is 6.33. The Morgan fingerprint density at radius 3 is 2.00 bits per heavy atom. The van der Waals surface area contributed by atoms with Crippen LogP contribution in [0.4, 0.5) is 24.5 Å². The minimum Gasteiger partial charge on any atom is -0.350 e. The van der Waals surface area contributed by atoms with Crippen LogP contribution in [-0.4, -0.2) is 11.2 Å². The molecule has 26 heavy (non-hydrogen) atoms. The van der Waals surface area contributed by atoms with E-state index in [1.807, 2.05) is 0 Å². The lowest BCUT2D eigenvalue weighted by Crippen LogP contribution is -2.52. The molecule has 0 fully saturated rings. The number of aromatic nitrogens is 1. The van der Waals surface area contributed by atoms with Crippen molar-refractivity contribution in [1.29, 1.82) is 0 Å². The van der Waals surface area contributed by atoms with E-state index in [0.29, 0.717) is 27.7 Å². The van der Waals surface area contributed by atoms with Crippen LogP contribution < -0.4 is 10.6 Å². The van der Waals surface area contributed by atoms with Crippen molar-refractivity contribution in [2.75, 3.05) is 10.6 Å². The number of halogens is 4. The van der Waals surface area contributed by atoms with Crippen LogP contribution in [0.15, 0.2) is 66.9 Å². The Morgan fingerprint density at radius 2 is 1.46 bits per heavy atom. The van der Waals surface area contributed by atoms with E-state index in [4.69, 9.17) is 11.6 Å². The van der Waals surface area contributed by atoms with E-state index >= 15 is 0 Å².